The molecular weight excluding hydrogens is 442 g/mol. The number of hydrogen-bond donors (Lipinski definition) is 1. The average molecular weight is 460 g/mol. The second kappa shape index (κ2) is 8.22. The van der Waals surface area contributed by atoms with Crippen molar-refractivity contribution in [1.82, 2.24) is 5.01 Å². The van der Waals surface area contributed by atoms with Gasteiger partial charge in [0.25, 0.3) is 5.91 Å². The SMILES string of the molecule is CS(=O)(=O)Nc1ccccc1C1=NN(C(=O)c2cccs2)[C@H](c2ccccc2Cl)C1. The Morgan fingerprint density at radius 3 is 2.57 bits per heavy atom. The van der Waals surface area contributed by atoms with Gasteiger partial charge in [-0.3, -0.25) is 9.52 Å². The maximum Gasteiger partial charge on any atom is 0.284 e. The minimum absolute atomic E-state index is 0.224. The van der Waals surface area contributed by atoms with Crippen molar-refractivity contribution in [2.24, 2.45) is 5.10 Å². The number of carbonyl (C=O) groups is 1. The van der Waals surface area contributed by atoms with E-state index in [1.54, 1.807) is 36.4 Å². The fourth-order valence-electron chi connectivity index (χ4n) is 3.38. The normalized spacial score (nSPS) is 16.4. The first kappa shape index (κ1) is 20.6. The summed E-state index contributed by atoms with van der Waals surface area (Å²) in [6.07, 6.45) is 1.50. The van der Waals surface area contributed by atoms with Crippen LogP contribution >= 0.6 is 22.9 Å². The molecule has 0 fully saturated rings. The summed E-state index contributed by atoms with van der Waals surface area (Å²) in [5, 5.41) is 8.45. The van der Waals surface area contributed by atoms with E-state index in [0.29, 0.717) is 33.3 Å². The summed E-state index contributed by atoms with van der Waals surface area (Å²) in [4.78, 5) is 13.7. The summed E-state index contributed by atoms with van der Waals surface area (Å²) >= 11 is 7.78. The van der Waals surface area contributed by atoms with Crippen LogP contribution in [0.15, 0.2) is 71.1 Å². The summed E-state index contributed by atoms with van der Waals surface area (Å²) < 4.78 is 26.1. The fourth-order valence-corrected chi connectivity index (χ4v) is 4.88. The third kappa shape index (κ3) is 4.26. The van der Waals surface area contributed by atoms with Gasteiger partial charge >= 0.3 is 0 Å². The molecule has 1 atom stereocenters. The summed E-state index contributed by atoms with van der Waals surface area (Å²) in [6, 6.07) is 17.5. The van der Waals surface area contributed by atoms with Crippen LogP contribution in [-0.4, -0.2) is 31.3 Å². The Hall–Kier alpha value is -2.68. The van der Waals surface area contributed by atoms with E-state index in [0.717, 1.165) is 11.8 Å². The van der Waals surface area contributed by atoms with Crippen LogP contribution in [0.4, 0.5) is 5.69 Å². The van der Waals surface area contributed by atoms with Crippen LogP contribution in [0, 0.1) is 0 Å². The van der Waals surface area contributed by atoms with Crippen LogP contribution in [0.1, 0.15) is 33.3 Å². The molecule has 4 rings (SSSR count). The van der Waals surface area contributed by atoms with E-state index in [1.165, 1.54) is 16.3 Å². The van der Waals surface area contributed by atoms with Crippen LogP contribution in [0.2, 0.25) is 5.02 Å². The minimum atomic E-state index is -3.47. The maximum atomic E-state index is 13.2. The lowest BCUT2D eigenvalue weighted by Crippen LogP contribution is -2.26. The van der Waals surface area contributed by atoms with Crippen LogP contribution in [0.5, 0.6) is 0 Å². The highest BCUT2D eigenvalue weighted by molar-refractivity contribution is 7.92. The van der Waals surface area contributed by atoms with Crippen molar-refractivity contribution in [3.8, 4) is 0 Å². The van der Waals surface area contributed by atoms with Crippen molar-refractivity contribution in [3.05, 3.63) is 87.1 Å². The van der Waals surface area contributed by atoms with Gasteiger partial charge < -0.3 is 0 Å². The molecule has 2 heterocycles. The molecule has 0 saturated heterocycles. The number of benzene rings is 2. The molecule has 1 aliphatic heterocycles. The molecule has 0 saturated carbocycles. The zero-order chi connectivity index (χ0) is 21.3. The van der Waals surface area contributed by atoms with E-state index >= 15 is 0 Å². The van der Waals surface area contributed by atoms with Gasteiger partial charge in [0.15, 0.2) is 0 Å². The van der Waals surface area contributed by atoms with E-state index < -0.39 is 16.1 Å². The maximum absolute atomic E-state index is 13.2. The molecule has 9 heteroatoms. The number of para-hydroxylation sites is 1. The number of hydrogen-bond acceptors (Lipinski definition) is 5. The zero-order valence-electron chi connectivity index (χ0n) is 15.9. The van der Waals surface area contributed by atoms with Gasteiger partial charge in [-0.05, 0) is 29.1 Å². The first-order chi connectivity index (χ1) is 14.3. The molecule has 0 spiro atoms. The molecular formula is C21H18ClN3O3S2. The third-order valence-corrected chi connectivity index (χ3v) is 6.44. The zero-order valence-corrected chi connectivity index (χ0v) is 18.3. The highest BCUT2D eigenvalue weighted by atomic mass is 35.5. The number of hydrazone groups is 1. The third-order valence-electron chi connectivity index (χ3n) is 4.65. The Labute approximate surface area is 183 Å². The highest BCUT2D eigenvalue weighted by Crippen LogP contribution is 2.38. The van der Waals surface area contributed by atoms with Crippen LogP contribution < -0.4 is 4.72 Å². The summed E-state index contributed by atoms with van der Waals surface area (Å²) in [6.45, 7) is 0. The number of amides is 1. The summed E-state index contributed by atoms with van der Waals surface area (Å²) in [5.74, 6) is -0.224. The number of thiophene rings is 1. The molecule has 1 amide bonds. The second-order valence-corrected chi connectivity index (χ2v) is 9.94. The molecule has 0 unspecified atom stereocenters. The number of nitrogens with one attached hydrogen (secondary N) is 1. The molecule has 0 bridgehead atoms. The van der Waals surface area contributed by atoms with Crippen LogP contribution in [-0.2, 0) is 10.0 Å². The van der Waals surface area contributed by atoms with Crippen molar-refractivity contribution in [3.63, 3.8) is 0 Å². The van der Waals surface area contributed by atoms with Crippen molar-refractivity contribution in [2.75, 3.05) is 11.0 Å². The second-order valence-electron chi connectivity index (χ2n) is 6.83. The van der Waals surface area contributed by atoms with Crippen LogP contribution in [0.25, 0.3) is 0 Å². The summed E-state index contributed by atoms with van der Waals surface area (Å²) in [7, 11) is -3.47. The summed E-state index contributed by atoms with van der Waals surface area (Å²) in [5.41, 5.74) is 2.44. The van der Waals surface area contributed by atoms with Gasteiger partial charge in [0, 0.05) is 17.0 Å². The number of carbonyl (C=O) groups excluding carboxylic acids is 1. The smallest absolute Gasteiger partial charge is 0.283 e. The van der Waals surface area contributed by atoms with Gasteiger partial charge in [0.1, 0.15) is 0 Å². The minimum Gasteiger partial charge on any atom is -0.283 e. The van der Waals surface area contributed by atoms with Gasteiger partial charge in [0.2, 0.25) is 10.0 Å². The van der Waals surface area contributed by atoms with Crippen molar-refractivity contribution in [2.45, 2.75) is 12.5 Å². The molecule has 154 valence electrons. The Morgan fingerprint density at radius 2 is 1.87 bits per heavy atom. The van der Waals surface area contributed by atoms with E-state index in [1.807, 2.05) is 29.6 Å². The van der Waals surface area contributed by atoms with Gasteiger partial charge in [-0.2, -0.15) is 5.10 Å². The Kier molecular flexibility index (Phi) is 5.64. The van der Waals surface area contributed by atoms with Gasteiger partial charge in [0.05, 0.1) is 28.6 Å². The molecule has 3 aromatic rings. The van der Waals surface area contributed by atoms with Crippen molar-refractivity contribution in [1.29, 1.82) is 0 Å². The number of rotatable bonds is 5. The Balaban J connectivity index is 1.78. The fraction of sp³-hybridized carbons (Fsp3) is 0.143. The lowest BCUT2D eigenvalue weighted by atomic mass is 9.97. The first-order valence-electron chi connectivity index (χ1n) is 9.09. The largest absolute Gasteiger partial charge is 0.284 e. The van der Waals surface area contributed by atoms with Crippen molar-refractivity contribution >= 4 is 50.3 Å². The quantitative estimate of drug-likeness (QED) is 0.597. The predicted octanol–water partition coefficient (Wildman–Crippen LogP) is 4.76. The average Bonchev–Trinajstić information content (AvgIpc) is 3.37. The van der Waals surface area contributed by atoms with Gasteiger partial charge in [-0.1, -0.05) is 54.1 Å². The number of sulfonamides is 1. The monoisotopic (exact) mass is 459 g/mol. The topological polar surface area (TPSA) is 78.8 Å². The Bertz CT molecular complexity index is 1220. The number of nitrogens with zero attached hydrogens (tertiary/aromatic N) is 2. The van der Waals surface area contributed by atoms with E-state index in [-0.39, 0.29) is 5.91 Å². The molecule has 30 heavy (non-hydrogen) atoms. The number of halogens is 1. The Morgan fingerprint density at radius 1 is 1.13 bits per heavy atom. The standard InChI is InChI=1S/C21H18ClN3O3S2/c1-30(27,28)24-17-10-5-3-8-15(17)18-13-19(14-7-2-4-9-16(14)22)25(23-18)21(26)20-11-6-12-29-20/h2-12,19,24H,13H2,1H3/t19-/m0/s1. The predicted molar refractivity (Wildman–Crippen MR) is 121 cm³/mol. The molecule has 6 nitrogen and oxygen atoms in total. The van der Waals surface area contributed by atoms with Crippen molar-refractivity contribution < 1.29 is 13.2 Å². The highest BCUT2D eigenvalue weighted by Gasteiger charge is 2.35. The lowest BCUT2D eigenvalue weighted by Gasteiger charge is -2.22. The van der Waals surface area contributed by atoms with Gasteiger partial charge in [-0.25, -0.2) is 13.4 Å². The molecule has 1 aromatic heterocycles. The first-order valence-corrected chi connectivity index (χ1v) is 12.2. The lowest BCUT2D eigenvalue weighted by molar-refractivity contribution is 0.0716. The molecule has 0 aliphatic carbocycles. The van der Waals surface area contributed by atoms with E-state index in [4.69, 9.17) is 11.6 Å². The van der Waals surface area contributed by atoms with Gasteiger partial charge in [-0.15, -0.1) is 11.3 Å². The number of anilines is 1. The molecule has 1 N–H and O–H groups in total. The van der Waals surface area contributed by atoms with Crippen LogP contribution in [0.3, 0.4) is 0 Å². The van der Waals surface area contributed by atoms with E-state index in [9.17, 15) is 13.2 Å². The van der Waals surface area contributed by atoms with E-state index in [2.05, 4.69) is 9.82 Å². The molecule has 0 radical (unpaired) electrons. The molecule has 2 aromatic carbocycles. The molecule has 1 aliphatic rings.